The summed E-state index contributed by atoms with van der Waals surface area (Å²) in [6.45, 7) is 2.49. The normalized spacial score (nSPS) is 11.3. The predicted octanol–water partition coefficient (Wildman–Crippen LogP) is 4.00. The van der Waals surface area contributed by atoms with Gasteiger partial charge in [-0.25, -0.2) is 0 Å². The van der Waals surface area contributed by atoms with E-state index in [1.54, 1.807) is 6.07 Å². The number of H-pyrrole nitrogens is 1. The van der Waals surface area contributed by atoms with E-state index < -0.39 is 0 Å². The third-order valence-electron chi connectivity index (χ3n) is 4.54. The Kier molecular flexibility index (Phi) is 4.14. The molecule has 2 aromatic heterocycles. The van der Waals surface area contributed by atoms with Gasteiger partial charge in [-0.05, 0) is 60.7 Å². The molecule has 0 aliphatic heterocycles. The average molecular weight is 365 g/mol. The summed E-state index contributed by atoms with van der Waals surface area (Å²) in [5, 5.41) is 17.5. The van der Waals surface area contributed by atoms with E-state index in [2.05, 4.69) is 10.3 Å². The molecule has 6 heteroatoms. The molecule has 0 amide bonds. The summed E-state index contributed by atoms with van der Waals surface area (Å²) in [4.78, 5) is 15.3. The quantitative estimate of drug-likeness (QED) is 0.411. The number of anilines is 2. The molecule has 26 heavy (non-hydrogen) atoms. The molecule has 0 unspecified atom stereocenters. The number of thiophene rings is 1. The molecule has 5 N–H and O–H groups in total. The maximum Gasteiger partial charge on any atom is 0.266 e. The molecule has 0 bridgehead atoms. The second-order valence-electron chi connectivity index (χ2n) is 6.32. The third-order valence-corrected chi connectivity index (χ3v) is 5.45. The van der Waals surface area contributed by atoms with Gasteiger partial charge in [-0.15, -0.1) is 11.3 Å². The van der Waals surface area contributed by atoms with E-state index in [4.69, 9.17) is 5.73 Å². The van der Waals surface area contributed by atoms with Crippen molar-refractivity contribution in [1.29, 1.82) is 0 Å². The molecule has 5 nitrogen and oxygen atoms in total. The zero-order valence-corrected chi connectivity index (χ0v) is 15.1. The number of hydrogen-bond acceptors (Lipinski definition) is 5. The van der Waals surface area contributed by atoms with Crippen LogP contribution in [-0.2, 0) is 6.42 Å². The van der Waals surface area contributed by atoms with Gasteiger partial charge in [0.1, 0.15) is 10.4 Å². The van der Waals surface area contributed by atoms with Crippen LogP contribution in [0.25, 0.3) is 21.0 Å². The third kappa shape index (κ3) is 2.73. The summed E-state index contributed by atoms with van der Waals surface area (Å²) < 4.78 is 0.656. The first-order valence-corrected chi connectivity index (χ1v) is 9.28. The molecule has 0 fully saturated rings. The Morgan fingerprint density at radius 1 is 1.23 bits per heavy atom. The standard InChI is InChI=1S/C20H19N3O2S/c1-11-10-15(24)18(22-13-4-2-12(3-5-13)6-8-21)16-14-7-9-26-19(14)20(25)23-17(11)16/h2-5,7,9-10,22,24H,6,8,21H2,1H3,(H,23,25). The number of phenolic OH excluding ortho intramolecular Hbond substituents is 1. The van der Waals surface area contributed by atoms with Crippen LogP contribution in [0.3, 0.4) is 0 Å². The van der Waals surface area contributed by atoms with E-state index >= 15 is 0 Å². The van der Waals surface area contributed by atoms with Crippen molar-refractivity contribution in [1.82, 2.24) is 4.98 Å². The van der Waals surface area contributed by atoms with Crippen LogP contribution < -0.4 is 16.6 Å². The second kappa shape index (κ2) is 6.48. The molecule has 2 heterocycles. The van der Waals surface area contributed by atoms with Crippen LogP contribution in [0.4, 0.5) is 11.4 Å². The Morgan fingerprint density at radius 3 is 2.73 bits per heavy atom. The van der Waals surface area contributed by atoms with Crippen molar-refractivity contribution in [3.63, 3.8) is 0 Å². The number of aromatic nitrogens is 1. The van der Waals surface area contributed by atoms with Gasteiger partial charge in [-0.3, -0.25) is 4.79 Å². The van der Waals surface area contributed by atoms with E-state index in [1.165, 1.54) is 16.9 Å². The lowest BCUT2D eigenvalue weighted by atomic mass is 10.0. The van der Waals surface area contributed by atoms with Crippen molar-refractivity contribution in [2.75, 3.05) is 11.9 Å². The zero-order valence-electron chi connectivity index (χ0n) is 14.3. The summed E-state index contributed by atoms with van der Waals surface area (Å²) >= 11 is 1.40. The lowest BCUT2D eigenvalue weighted by molar-refractivity contribution is 0.478. The average Bonchev–Trinajstić information content (AvgIpc) is 3.11. The Bertz CT molecular complexity index is 1160. The highest BCUT2D eigenvalue weighted by molar-refractivity contribution is 7.17. The SMILES string of the molecule is Cc1cc(O)c(Nc2ccc(CCN)cc2)c2c1[nH]c(=O)c1sccc12. The first-order chi connectivity index (χ1) is 12.6. The van der Waals surface area contributed by atoms with Gasteiger partial charge in [0, 0.05) is 16.5 Å². The number of rotatable bonds is 4. The molecule has 0 radical (unpaired) electrons. The molecule has 132 valence electrons. The van der Waals surface area contributed by atoms with Gasteiger partial charge in [-0.1, -0.05) is 12.1 Å². The molecule has 0 aliphatic carbocycles. The minimum Gasteiger partial charge on any atom is -0.506 e. The van der Waals surface area contributed by atoms with Crippen molar-refractivity contribution < 1.29 is 5.11 Å². The maximum atomic E-state index is 12.3. The summed E-state index contributed by atoms with van der Waals surface area (Å²) in [6, 6.07) is 11.6. The van der Waals surface area contributed by atoms with Crippen molar-refractivity contribution in [3.8, 4) is 5.75 Å². The minimum absolute atomic E-state index is 0.103. The molecule has 0 saturated carbocycles. The smallest absolute Gasteiger partial charge is 0.266 e. The maximum absolute atomic E-state index is 12.3. The molecule has 4 aromatic rings. The Morgan fingerprint density at radius 2 is 2.00 bits per heavy atom. The minimum atomic E-state index is -0.103. The fourth-order valence-electron chi connectivity index (χ4n) is 3.27. The molecule has 0 atom stereocenters. The van der Waals surface area contributed by atoms with Crippen molar-refractivity contribution in [2.24, 2.45) is 5.73 Å². The monoisotopic (exact) mass is 365 g/mol. The molecular formula is C20H19N3O2S. The molecule has 4 rings (SSSR count). The topological polar surface area (TPSA) is 91.1 Å². The van der Waals surface area contributed by atoms with Crippen LogP contribution in [0.15, 0.2) is 46.6 Å². The van der Waals surface area contributed by atoms with E-state index in [1.807, 2.05) is 42.6 Å². The number of aromatic amines is 1. The van der Waals surface area contributed by atoms with Gasteiger partial charge < -0.3 is 21.1 Å². The fourth-order valence-corrected chi connectivity index (χ4v) is 4.07. The number of nitrogens with two attached hydrogens (primary N) is 1. The van der Waals surface area contributed by atoms with Gasteiger partial charge >= 0.3 is 0 Å². The highest BCUT2D eigenvalue weighted by Crippen LogP contribution is 2.40. The van der Waals surface area contributed by atoms with E-state index in [-0.39, 0.29) is 11.3 Å². The van der Waals surface area contributed by atoms with Gasteiger partial charge in [0.2, 0.25) is 0 Å². The van der Waals surface area contributed by atoms with E-state index in [9.17, 15) is 9.90 Å². The van der Waals surface area contributed by atoms with E-state index in [0.717, 1.165) is 34.0 Å². The van der Waals surface area contributed by atoms with Gasteiger partial charge in [0.15, 0.2) is 0 Å². The number of hydrogen-bond donors (Lipinski definition) is 4. The number of fused-ring (bicyclic) bond motifs is 3. The molecular weight excluding hydrogens is 346 g/mol. The number of nitrogens with one attached hydrogen (secondary N) is 2. The molecule has 0 saturated heterocycles. The van der Waals surface area contributed by atoms with Crippen molar-refractivity contribution in [2.45, 2.75) is 13.3 Å². The van der Waals surface area contributed by atoms with Crippen LogP contribution in [-0.4, -0.2) is 16.6 Å². The van der Waals surface area contributed by atoms with Crippen LogP contribution in [0.2, 0.25) is 0 Å². The molecule has 0 spiro atoms. The Labute approximate surface area is 154 Å². The zero-order chi connectivity index (χ0) is 18.3. The number of pyridine rings is 1. The van der Waals surface area contributed by atoms with Crippen LogP contribution >= 0.6 is 11.3 Å². The highest BCUT2D eigenvalue weighted by atomic mass is 32.1. The van der Waals surface area contributed by atoms with Crippen molar-refractivity contribution in [3.05, 3.63) is 63.3 Å². The van der Waals surface area contributed by atoms with Gasteiger partial charge in [0.25, 0.3) is 5.56 Å². The van der Waals surface area contributed by atoms with Gasteiger partial charge in [0.05, 0.1) is 11.2 Å². The number of phenols is 1. The number of benzene rings is 2. The Balaban J connectivity index is 1.91. The summed E-state index contributed by atoms with van der Waals surface area (Å²) in [5.41, 5.74) is 9.68. The highest BCUT2D eigenvalue weighted by Gasteiger charge is 2.16. The fraction of sp³-hybridized carbons (Fsp3) is 0.150. The first-order valence-electron chi connectivity index (χ1n) is 8.40. The molecule has 0 aliphatic rings. The van der Waals surface area contributed by atoms with E-state index in [0.29, 0.717) is 16.9 Å². The van der Waals surface area contributed by atoms with Gasteiger partial charge in [-0.2, -0.15) is 0 Å². The lowest BCUT2D eigenvalue weighted by Gasteiger charge is -2.15. The Hall–Kier alpha value is -2.83. The van der Waals surface area contributed by atoms with Crippen LogP contribution in [0.5, 0.6) is 5.75 Å². The summed E-state index contributed by atoms with van der Waals surface area (Å²) in [7, 11) is 0. The second-order valence-corrected chi connectivity index (χ2v) is 7.23. The van der Waals surface area contributed by atoms with Crippen molar-refractivity contribution >= 4 is 43.7 Å². The number of aryl methyl sites for hydroxylation is 1. The predicted molar refractivity (Wildman–Crippen MR) is 109 cm³/mol. The van der Waals surface area contributed by atoms with Crippen LogP contribution in [0, 0.1) is 6.92 Å². The number of aromatic hydroxyl groups is 1. The first kappa shape index (κ1) is 16.6. The lowest BCUT2D eigenvalue weighted by Crippen LogP contribution is -2.06. The largest absolute Gasteiger partial charge is 0.506 e. The van der Waals surface area contributed by atoms with Crippen LogP contribution in [0.1, 0.15) is 11.1 Å². The molecule has 2 aromatic carbocycles. The summed E-state index contributed by atoms with van der Waals surface area (Å²) in [6.07, 6.45) is 0.829. The summed E-state index contributed by atoms with van der Waals surface area (Å²) in [5.74, 6) is 0.153.